The number of hydroxylamine groups is 2. The Balaban J connectivity index is 1.28. The van der Waals surface area contributed by atoms with Crippen molar-refractivity contribution in [2.45, 2.75) is 34.4 Å². The van der Waals surface area contributed by atoms with Gasteiger partial charge in [-0.15, -0.1) is 9.35 Å². The summed E-state index contributed by atoms with van der Waals surface area (Å²) >= 11 is 0. The highest BCUT2D eigenvalue weighted by Gasteiger charge is 2.75. The molecule has 0 spiro atoms. The third-order valence-electron chi connectivity index (χ3n) is 8.33. The normalized spacial score (nSPS) is 29.4. The van der Waals surface area contributed by atoms with Gasteiger partial charge >= 0.3 is 38.8 Å². The van der Waals surface area contributed by atoms with E-state index in [4.69, 9.17) is 8.47 Å². The first kappa shape index (κ1) is 32.0. The van der Waals surface area contributed by atoms with Crippen LogP contribution in [0.3, 0.4) is 0 Å². The predicted octanol–water partition coefficient (Wildman–Crippen LogP) is 2.84. The molecule has 1 saturated carbocycles. The Hall–Kier alpha value is -4.01. The SMILES string of the molecule is O=C1C2C=CC3C(C4C(=O)N(OS(=O)(=O)c5ccc(C(F)(F)F)cc5)C(=O)C24)C1C(OS(=O)(=O)c1ccc(C(F)(F)F)cc1)[N+]3=O. The fourth-order valence-electron chi connectivity index (χ4n) is 6.32. The number of allylic oxidation sites excluding steroid dienone is 1. The van der Waals surface area contributed by atoms with Gasteiger partial charge in [-0.25, -0.2) is 0 Å². The zero-order valence-electron chi connectivity index (χ0n) is 22.4. The van der Waals surface area contributed by atoms with Crippen LogP contribution in [0.5, 0.6) is 0 Å². The summed E-state index contributed by atoms with van der Waals surface area (Å²) in [6.07, 6.45) is -9.38. The zero-order chi connectivity index (χ0) is 33.7. The highest BCUT2D eigenvalue weighted by molar-refractivity contribution is 7.87. The van der Waals surface area contributed by atoms with Crippen LogP contribution in [0.4, 0.5) is 26.3 Å². The molecular weight excluding hydrogens is 678 g/mol. The van der Waals surface area contributed by atoms with E-state index in [9.17, 15) is 62.5 Å². The molecule has 2 aliphatic heterocycles. The molecule has 46 heavy (non-hydrogen) atoms. The minimum atomic E-state index is -5.08. The van der Waals surface area contributed by atoms with Gasteiger partial charge in [0.15, 0.2) is 5.78 Å². The topological polar surface area (TPSA) is 161 Å². The number of rotatable bonds is 6. The third-order valence-corrected chi connectivity index (χ3v) is 10.8. The Bertz CT molecular complexity index is 1930. The Labute approximate surface area is 254 Å². The third kappa shape index (κ3) is 4.94. The molecule has 20 heteroatoms. The molecule has 4 bridgehead atoms. The number of Topliss-reactive ketones (excluding diaryl/α,β-unsaturated/α-hetero) is 1. The van der Waals surface area contributed by atoms with Gasteiger partial charge in [-0.1, -0.05) is 6.08 Å². The van der Waals surface area contributed by atoms with E-state index in [2.05, 4.69) is 0 Å². The van der Waals surface area contributed by atoms with Gasteiger partial charge < -0.3 is 0 Å². The lowest BCUT2D eigenvalue weighted by Gasteiger charge is -2.33. The van der Waals surface area contributed by atoms with Crippen molar-refractivity contribution in [1.29, 1.82) is 0 Å². The van der Waals surface area contributed by atoms with Crippen LogP contribution in [0, 0.1) is 34.5 Å². The first-order valence-corrected chi connectivity index (χ1v) is 15.8. The van der Waals surface area contributed by atoms with Crippen LogP contribution in [-0.2, 0) is 55.4 Å². The molecule has 12 nitrogen and oxygen atoms in total. The van der Waals surface area contributed by atoms with Gasteiger partial charge in [0.05, 0.1) is 38.7 Å². The molecular formula is C26H17F6N2O10S2+. The van der Waals surface area contributed by atoms with Gasteiger partial charge in [0.2, 0.25) is 6.04 Å². The van der Waals surface area contributed by atoms with Crippen molar-refractivity contribution in [3.05, 3.63) is 76.7 Å². The maximum atomic E-state index is 13.6. The van der Waals surface area contributed by atoms with E-state index < -0.39 is 113 Å². The Kier molecular flexibility index (Phi) is 7.12. The van der Waals surface area contributed by atoms with Crippen LogP contribution < -0.4 is 0 Å². The van der Waals surface area contributed by atoms with Gasteiger partial charge in [-0.3, -0.25) is 14.4 Å². The van der Waals surface area contributed by atoms with Gasteiger partial charge in [0.1, 0.15) is 5.92 Å². The molecule has 7 unspecified atom stereocenters. The summed E-state index contributed by atoms with van der Waals surface area (Å²) < 4.78 is 139. The Morgan fingerprint density at radius 1 is 0.674 bits per heavy atom. The first-order valence-electron chi connectivity index (χ1n) is 13.0. The highest BCUT2D eigenvalue weighted by Crippen LogP contribution is 2.55. The number of nitroso groups, excluding NO2 is 1. The van der Waals surface area contributed by atoms with E-state index in [1.807, 2.05) is 0 Å². The number of nitrogens with zero attached hydrogens (tertiary/aromatic N) is 2. The standard InChI is InChI=1S/C26H17F6N2O10S2/c27-25(28,29)11-1-5-13(6-2-11)45(39,40)43-24-20-18-16(33(24)38)10-9-15(21(20)35)17-19(18)23(37)34(22(17)36)44-46(41,42)14-7-3-12(4-8-14)26(30,31)32/h1-10,15-20,24H/q+1. The quantitative estimate of drug-likeness (QED) is 0.145. The number of carbonyl (C=O) groups is 3. The number of amides is 2. The summed E-state index contributed by atoms with van der Waals surface area (Å²) in [7, 11) is -10.1. The lowest BCUT2D eigenvalue weighted by Crippen LogP contribution is -2.49. The van der Waals surface area contributed by atoms with Crippen molar-refractivity contribution in [2.24, 2.45) is 29.6 Å². The molecule has 2 saturated heterocycles. The number of alkyl halides is 6. The second kappa shape index (κ2) is 10.2. The highest BCUT2D eigenvalue weighted by atomic mass is 32.2. The van der Waals surface area contributed by atoms with E-state index in [0.29, 0.717) is 48.5 Å². The van der Waals surface area contributed by atoms with E-state index in [1.165, 1.54) is 6.08 Å². The van der Waals surface area contributed by atoms with Crippen molar-refractivity contribution in [3.8, 4) is 0 Å². The van der Waals surface area contributed by atoms with Gasteiger partial charge in [-0.05, 0) is 54.6 Å². The van der Waals surface area contributed by atoms with Crippen LogP contribution in [0.15, 0.2) is 70.5 Å². The lowest BCUT2D eigenvalue weighted by molar-refractivity contribution is -0.624. The van der Waals surface area contributed by atoms with Gasteiger partial charge in [0, 0.05) is 15.6 Å². The van der Waals surface area contributed by atoms with Crippen molar-refractivity contribution < 1.29 is 70.8 Å². The molecule has 2 heterocycles. The summed E-state index contributed by atoms with van der Waals surface area (Å²) in [5.74, 6) is -11.3. The van der Waals surface area contributed by atoms with E-state index >= 15 is 0 Å². The monoisotopic (exact) mass is 695 g/mol. The maximum Gasteiger partial charge on any atom is 0.416 e. The molecule has 3 fully saturated rings. The second-order valence-electron chi connectivity index (χ2n) is 10.8. The summed E-state index contributed by atoms with van der Waals surface area (Å²) in [5, 5.41) is -0.149. The van der Waals surface area contributed by atoms with Crippen molar-refractivity contribution in [2.75, 3.05) is 0 Å². The molecule has 2 amide bonds. The van der Waals surface area contributed by atoms with Crippen LogP contribution in [0.2, 0.25) is 0 Å². The molecule has 7 atom stereocenters. The van der Waals surface area contributed by atoms with Crippen LogP contribution in [0.25, 0.3) is 0 Å². The Morgan fingerprint density at radius 2 is 1.15 bits per heavy atom. The summed E-state index contributed by atoms with van der Waals surface area (Å²) in [4.78, 5) is 52.1. The fraction of sp³-hybridized carbons (Fsp3) is 0.346. The van der Waals surface area contributed by atoms with Crippen LogP contribution in [-0.4, -0.2) is 56.5 Å². The molecule has 3 aliphatic carbocycles. The molecule has 7 rings (SSSR count). The number of halogens is 6. The molecule has 0 N–H and O–H groups in total. The number of benzene rings is 2. The summed E-state index contributed by atoms with van der Waals surface area (Å²) in [6, 6.07) is 2.56. The van der Waals surface area contributed by atoms with E-state index in [1.54, 1.807) is 0 Å². The number of hydrogen-bond acceptors (Lipinski definition) is 10. The summed E-state index contributed by atoms with van der Waals surface area (Å²) in [5.41, 5.74) is -2.37. The van der Waals surface area contributed by atoms with Gasteiger partial charge in [0.25, 0.3) is 11.8 Å². The fourth-order valence-corrected chi connectivity index (χ4v) is 8.26. The summed E-state index contributed by atoms with van der Waals surface area (Å²) in [6.45, 7) is 0. The first-order chi connectivity index (χ1) is 21.2. The lowest BCUT2D eigenvalue weighted by atomic mass is 9.63. The maximum absolute atomic E-state index is 13.6. The van der Waals surface area contributed by atoms with Crippen molar-refractivity contribution in [3.63, 3.8) is 0 Å². The predicted molar refractivity (Wildman–Crippen MR) is 134 cm³/mol. The zero-order valence-corrected chi connectivity index (χ0v) is 24.0. The molecule has 5 aliphatic rings. The Morgan fingerprint density at radius 3 is 1.65 bits per heavy atom. The number of imide groups is 1. The second-order valence-corrected chi connectivity index (χ2v) is 13.9. The minimum absolute atomic E-state index is 0.0597. The molecule has 2 aromatic carbocycles. The average molecular weight is 696 g/mol. The molecule has 244 valence electrons. The largest absolute Gasteiger partial charge is 0.416 e. The van der Waals surface area contributed by atoms with E-state index in [0.717, 1.165) is 6.08 Å². The number of hydrogen-bond donors (Lipinski definition) is 0. The number of carbonyl (C=O) groups excluding carboxylic acids is 3. The van der Waals surface area contributed by atoms with Gasteiger partial charge in [-0.2, -0.15) is 47.4 Å². The smallest absolute Gasteiger partial charge is 0.298 e. The minimum Gasteiger partial charge on any atom is -0.298 e. The van der Waals surface area contributed by atoms with Crippen LogP contribution in [0.1, 0.15) is 11.1 Å². The van der Waals surface area contributed by atoms with Crippen LogP contribution >= 0.6 is 0 Å². The van der Waals surface area contributed by atoms with E-state index in [-0.39, 0.29) is 9.82 Å². The molecule has 0 radical (unpaired) electrons. The molecule has 0 aromatic heterocycles. The van der Waals surface area contributed by atoms with Crippen molar-refractivity contribution in [1.82, 2.24) is 5.06 Å². The molecule has 2 aromatic rings. The number of ketones is 1. The average Bonchev–Trinajstić information content (AvgIpc) is 3.21. The van der Waals surface area contributed by atoms with Crippen molar-refractivity contribution >= 4 is 37.8 Å².